The average Bonchev–Trinajstić information content (AvgIpc) is 2.73. The molecular formula is C12H11BrN2O2. The van der Waals surface area contributed by atoms with E-state index >= 15 is 0 Å². The summed E-state index contributed by atoms with van der Waals surface area (Å²) in [5, 5.41) is 0. The van der Waals surface area contributed by atoms with Crippen LogP contribution in [-0.4, -0.2) is 15.8 Å². The van der Waals surface area contributed by atoms with Gasteiger partial charge in [-0.2, -0.15) is 0 Å². The van der Waals surface area contributed by atoms with Crippen molar-refractivity contribution in [2.24, 2.45) is 7.05 Å². The van der Waals surface area contributed by atoms with Gasteiger partial charge >= 0.3 is 0 Å². The fraction of sp³-hybridized carbons (Fsp3) is 0.167. The van der Waals surface area contributed by atoms with Crippen molar-refractivity contribution in [3.05, 3.63) is 46.5 Å². The molecule has 2 rings (SSSR count). The zero-order valence-electron chi connectivity index (χ0n) is 9.26. The third-order valence-electron chi connectivity index (χ3n) is 2.39. The number of benzene rings is 1. The molecule has 4 nitrogen and oxygen atoms in total. The van der Waals surface area contributed by atoms with Crippen molar-refractivity contribution in [2.45, 2.75) is 6.61 Å². The number of nitrogens with zero attached hydrogens (tertiary/aromatic N) is 2. The van der Waals surface area contributed by atoms with E-state index in [4.69, 9.17) is 4.74 Å². The highest BCUT2D eigenvalue weighted by Crippen LogP contribution is 2.28. The van der Waals surface area contributed by atoms with E-state index in [1.54, 1.807) is 18.3 Å². The van der Waals surface area contributed by atoms with Crippen LogP contribution in [0.4, 0.5) is 0 Å². The molecule has 0 fully saturated rings. The summed E-state index contributed by atoms with van der Waals surface area (Å²) in [6, 6.07) is 5.34. The maximum atomic E-state index is 10.9. The first-order valence-electron chi connectivity index (χ1n) is 5.05. The summed E-state index contributed by atoms with van der Waals surface area (Å²) < 4.78 is 8.26. The van der Waals surface area contributed by atoms with Gasteiger partial charge in [0.1, 0.15) is 18.2 Å². The highest BCUT2D eigenvalue weighted by molar-refractivity contribution is 9.10. The highest BCUT2D eigenvalue weighted by atomic mass is 79.9. The maximum absolute atomic E-state index is 10.9. The van der Waals surface area contributed by atoms with Crippen molar-refractivity contribution in [3.8, 4) is 5.75 Å². The molecule has 5 heteroatoms. The summed E-state index contributed by atoms with van der Waals surface area (Å²) >= 11 is 3.36. The lowest BCUT2D eigenvalue weighted by Gasteiger charge is -2.10. The molecule has 0 spiro atoms. The van der Waals surface area contributed by atoms with E-state index < -0.39 is 0 Å². The molecule has 0 unspecified atom stereocenters. The zero-order valence-corrected chi connectivity index (χ0v) is 10.8. The van der Waals surface area contributed by atoms with Crippen molar-refractivity contribution < 1.29 is 9.53 Å². The van der Waals surface area contributed by atoms with E-state index in [-0.39, 0.29) is 0 Å². The number of ether oxygens (including phenoxy) is 1. The SMILES string of the molecule is Cn1ccnc1COc1c(Br)cccc1C=O. The maximum Gasteiger partial charge on any atom is 0.153 e. The van der Waals surface area contributed by atoms with Crippen LogP contribution in [-0.2, 0) is 13.7 Å². The van der Waals surface area contributed by atoms with Crippen molar-refractivity contribution >= 4 is 22.2 Å². The number of hydrogen-bond acceptors (Lipinski definition) is 3. The van der Waals surface area contributed by atoms with Crippen LogP contribution in [0.3, 0.4) is 0 Å². The predicted molar refractivity (Wildman–Crippen MR) is 67.1 cm³/mol. The number of imidazole rings is 1. The van der Waals surface area contributed by atoms with Crippen LogP contribution < -0.4 is 4.74 Å². The summed E-state index contributed by atoms with van der Waals surface area (Å²) in [6.07, 6.45) is 4.33. The van der Waals surface area contributed by atoms with Gasteiger partial charge in [0, 0.05) is 19.4 Å². The number of carbonyl (C=O) groups excluding carboxylic acids is 1. The second-order valence-corrected chi connectivity index (χ2v) is 4.37. The molecule has 1 aromatic carbocycles. The molecule has 17 heavy (non-hydrogen) atoms. The first kappa shape index (κ1) is 11.9. The molecule has 0 aliphatic rings. The number of para-hydroxylation sites is 1. The molecule has 0 radical (unpaired) electrons. The van der Waals surface area contributed by atoms with E-state index in [0.717, 1.165) is 16.6 Å². The Balaban J connectivity index is 2.19. The normalized spacial score (nSPS) is 10.2. The quantitative estimate of drug-likeness (QED) is 0.814. The number of aldehydes is 1. The summed E-state index contributed by atoms with van der Waals surface area (Å²) in [4.78, 5) is 15.0. The van der Waals surface area contributed by atoms with Crippen LogP contribution in [0.2, 0.25) is 0 Å². The van der Waals surface area contributed by atoms with Gasteiger partial charge in [-0.15, -0.1) is 0 Å². The lowest BCUT2D eigenvalue weighted by atomic mass is 10.2. The number of halogens is 1. The lowest BCUT2D eigenvalue weighted by Crippen LogP contribution is -2.04. The van der Waals surface area contributed by atoms with Crippen molar-refractivity contribution in [3.63, 3.8) is 0 Å². The monoisotopic (exact) mass is 294 g/mol. The standard InChI is InChI=1S/C12H11BrN2O2/c1-15-6-5-14-11(15)8-17-12-9(7-16)3-2-4-10(12)13/h2-7H,8H2,1H3. The van der Waals surface area contributed by atoms with Crippen LogP contribution in [0.1, 0.15) is 16.2 Å². The minimum atomic E-state index is 0.326. The summed E-state index contributed by atoms with van der Waals surface area (Å²) in [5.41, 5.74) is 0.522. The smallest absolute Gasteiger partial charge is 0.153 e. The average molecular weight is 295 g/mol. The Kier molecular flexibility index (Phi) is 3.58. The minimum Gasteiger partial charge on any atom is -0.484 e. The number of aryl methyl sites for hydroxylation is 1. The van der Waals surface area contributed by atoms with Crippen molar-refractivity contribution in [2.75, 3.05) is 0 Å². The molecular weight excluding hydrogens is 284 g/mol. The Morgan fingerprint density at radius 2 is 2.35 bits per heavy atom. The number of hydrogen-bond donors (Lipinski definition) is 0. The van der Waals surface area contributed by atoms with E-state index in [0.29, 0.717) is 17.9 Å². The summed E-state index contributed by atoms with van der Waals surface area (Å²) in [5.74, 6) is 1.35. The van der Waals surface area contributed by atoms with Gasteiger partial charge in [-0.25, -0.2) is 4.98 Å². The number of aromatic nitrogens is 2. The van der Waals surface area contributed by atoms with Gasteiger partial charge in [0.15, 0.2) is 6.29 Å². The number of rotatable bonds is 4. The van der Waals surface area contributed by atoms with Crippen LogP contribution in [0.25, 0.3) is 0 Å². The largest absolute Gasteiger partial charge is 0.484 e. The fourth-order valence-corrected chi connectivity index (χ4v) is 1.94. The fourth-order valence-electron chi connectivity index (χ4n) is 1.44. The van der Waals surface area contributed by atoms with Crippen molar-refractivity contribution in [1.82, 2.24) is 9.55 Å². The molecule has 0 saturated carbocycles. The Labute approximate surface area is 107 Å². The Morgan fingerprint density at radius 1 is 1.53 bits per heavy atom. The summed E-state index contributed by atoms with van der Waals surface area (Å²) in [6.45, 7) is 0.326. The van der Waals surface area contributed by atoms with Crippen LogP contribution in [0.15, 0.2) is 35.1 Å². The van der Waals surface area contributed by atoms with E-state index in [1.165, 1.54) is 0 Å². The first-order chi connectivity index (χ1) is 8.22. The Bertz CT molecular complexity index is 537. The van der Waals surface area contributed by atoms with Gasteiger partial charge in [-0.3, -0.25) is 4.79 Å². The first-order valence-corrected chi connectivity index (χ1v) is 5.84. The molecule has 0 amide bonds. The molecule has 1 heterocycles. The third kappa shape index (κ3) is 2.55. The second kappa shape index (κ2) is 5.14. The van der Waals surface area contributed by atoms with Crippen LogP contribution in [0.5, 0.6) is 5.75 Å². The van der Waals surface area contributed by atoms with Crippen LogP contribution in [0, 0.1) is 0 Å². The highest BCUT2D eigenvalue weighted by Gasteiger charge is 2.08. The van der Waals surface area contributed by atoms with Crippen LogP contribution >= 0.6 is 15.9 Å². The molecule has 0 bridgehead atoms. The molecule has 0 aliphatic heterocycles. The third-order valence-corrected chi connectivity index (χ3v) is 3.02. The molecule has 0 N–H and O–H groups in total. The van der Waals surface area contributed by atoms with Gasteiger partial charge < -0.3 is 9.30 Å². The topological polar surface area (TPSA) is 44.1 Å². The van der Waals surface area contributed by atoms with Gasteiger partial charge in [-0.05, 0) is 28.1 Å². The molecule has 0 aliphatic carbocycles. The van der Waals surface area contributed by atoms with E-state index in [9.17, 15) is 4.79 Å². The zero-order chi connectivity index (χ0) is 12.3. The minimum absolute atomic E-state index is 0.326. The molecule has 2 aromatic rings. The molecule has 1 aromatic heterocycles. The molecule has 88 valence electrons. The van der Waals surface area contributed by atoms with E-state index in [1.807, 2.05) is 23.9 Å². The molecule has 0 saturated heterocycles. The Morgan fingerprint density at radius 3 is 3.00 bits per heavy atom. The Hall–Kier alpha value is -1.62. The van der Waals surface area contributed by atoms with E-state index in [2.05, 4.69) is 20.9 Å². The molecule has 0 atom stereocenters. The predicted octanol–water partition coefficient (Wildman–Crippen LogP) is 2.57. The van der Waals surface area contributed by atoms with Gasteiger partial charge in [-0.1, -0.05) is 6.07 Å². The lowest BCUT2D eigenvalue weighted by molar-refractivity contribution is 0.111. The van der Waals surface area contributed by atoms with Gasteiger partial charge in [0.25, 0.3) is 0 Å². The number of carbonyl (C=O) groups is 1. The van der Waals surface area contributed by atoms with Gasteiger partial charge in [0.05, 0.1) is 10.0 Å². The van der Waals surface area contributed by atoms with Gasteiger partial charge in [0.2, 0.25) is 0 Å². The second-order valence-electron chi connectivity index (χ2n) is 3.52. The van der Waals surface area contributed by atoms with Crippen molar-refractivity contribution in [1.29, 1.82) is 0 Å². The summed E-state index contributed by atoms with van der Waals surface area (Å²) in [7, 11) is 1.90.